The largest absolute Gasteiger partial charge is 0.472 e. The van der Waals surface area contributed by atoms with Gasteiger partial charge in [0, 0.05) is 25.7 Å². The molecule has 522 valence electrons. The van der Waals surface area contributed by atoms with Crippen LogP contribution < -0.4 is 0 Å². The predicted octanol–water partition coefficient (Wildman–Crippen LogP) is 19.3. The molecule has 7 atom stereocenters. The molecule has 4 unspecified atom stereocenters. The first-order valence-electron chi connectivity index (χ1n) is 35.8. The van der Waals surface area contributed by atoms with Crippen molar-refractivity contribution in [2.24, 2.45) is 23.7 Å². The molecule has 88 heavy (non-hydrogen) atoms. The Kier molecular flexibility index (Phi) is 57.6. The number of carbonyl (C=O) groups excluding carboxylic acids is 4. The lowest BCUT2D eigenvalue weighted by atomic mass is 10.00. The molecule has 0 radical (unpaired) electrons. The van der Waals surface area contributed by atoms with Crippen molar-refractivity contribution in [3.8, 4) is 0 Å². The van der Waals surface area contributed by atoms with E-state index in [0.29, 0.717) is 25.7 Å². The Morgan fingerprint density at radius 3 is 0.807 bits per heavy atom. The number of rotatable bonds is 66. The standard InChI is InChI=1S/C69H134O17P2/c1-9-61(7)47-39-31-25-27-34-42-50-67(72)80-56-65(86-69(74)52-44-36-28-26-32-40-48-62(8)10-2)58-84-88(77,78)82-54-63(70)53-81-87(75,76)83-57-64(85-68(73)51-43-35-24-20-16-12-14-18-22-30-38-46-60(5)6)55-79-66(71)49-41-33-23-19-15-11-13-17-21-29-37-45-59(3)4/h59-65,70H,9-58H2,1-8H3,(H,75,76)(H,77,78)/t61?,62?,63-,64-,65-/m1/s1. The topological polar surface area (TPSA) is 237 Å². The Balaban J connectivity index is 5.26. The van der Waals surface area contributed by atoms with Gasteiger partial charge in [0.1, 0.15) is 19.3 Å². The monoisotopic (exact) mass is 1300 g/mol. The summed E-state index contributed by atoms with van der Waals surface area (Å²) in [7, 11) is -9.90. The summed E-state index contributed by atoms with van der Waals surface area (Å²) in [6, 6.07) is 0. The van der Waals surface area contributed by atoms with Crippen LogP contribution in [0.5, 0.6) is 0 Å². The molecule has 0 heterocycles. The zero-order valence-corrected chi connectivity index (χ0v) is 59.1. The van der Waals surface area contributed by atoms with Crippen molar-refractivity contribution in [1.82, 2.24) is 0 Å². The van der Waals surface area contributed by atoms with Gasteiger partial charge in [-0.3, -0.25) is 37.3 Å². The zero-order chi connectivity index (χ0) is 65.4. The maximum Gasteiger partial charge on any atom is 0.472 e. The number of aliphatic hydroxyl groups is 1. The van der Waals surface area contributed by atoms with Crippen molar-refractivity contribution in [3.63, 3.8) is 0 Å². The zero-order valence-electron chi connectivity index (χ0n) is 57.3. The first-order chi connectivity index (χ1) is 42.2. The lowest BCUT2D eigenvalue weighted by Gasteiger charge is -2.21. The van der Waals surface area contributed by atoms with Gasteiger partial charge in [0.2, 0.25) is 0 Å². The minimum absolute atomic E-state index is 0.102. The number of unbranched alkanes of at least 4 members (excludes halogenated alkanes) is 30. The molecule has 0 saturated heterocycles. The molecule has 0 spiro atoms. The number of aliphatic hydroxyl groups excluding tert-OH is 1. The van der Waals surface area contributed by atoms with Crippen molar-refractivity contribution in [1.29, 1.82) is 0 Å². The molecule has 0 fully saturated rings. The molecular formula is C69H134O17P2. The van der Waals surface area contributed by atoms with E-state index < -0.39 is 97.5 Å². The second-order valence-electron chi connectivity index (χ2n) is 26.4. The van der Waals surface area contributed by atoms with Gasteiger partial charge in [-0.2, -0.15) is 0 Å². The summed E-state index contributed by atoms with van der Waals surface area (Å²) in [5.74, 6) is 0.854. The Bertz CT molecular complexity index is 1750. The van der Waals surface area contributed by atoms with Gasteiger partial charge in [-0.15, -0.1) is 0 Å². The molecule has 3 N–H and O–H groups in total. The van der Waals surface area contributed by atoms with Crippen LogP contribution in [0.2, 0.25) is 0 Å². The number of ether oxygens (including phenoxy) is 4. The number of esters is 4. The summed E-state index contributed by atoms with van der Waals surface area (Å²) in [4.78, 5) is 72.5. The summed E-state index contributed by atoms with van der Waals surface area (Å²) >= 11 is 0. The van der Waals surface area contributed by atoms with Gasteiger partial charge >= 0.3 is 39.5 Å². The fourth-order valence-electron chi connectivity index (χ4n) is 10.2. The highest BCUT2D eigenvalue weighted by molar-refractivity contribution is 7.47. The highest BCUT2D eigenvalue weighted by atomic mass is 31.2. The Morgan fingerprint density at radius 2 is 0.545 bits per heavy atom. The van der Waals surface area contributed by atoms with Gasteiger partial charge in [-0.1, -0.05) is 287 Å². The quantitative estimate of drug-likeness (QED) is 0.0222. The molecule has 0 saturated carbocycles. The van der Waals surface area contributed by atoms with E-state index in [4.69, 9.17) is 37.0 Å². The molecule has 0 aliphatic heterocycles. The van der Waals surface area contributed by atoms with E-state index in [9.17, 15) is 43.2 Å². The van der Waals surface area contributed by atoms with Crippen LogP contribution >= 0.6 is 15.6 Å². The molecule has 0 aliphatic carbocycles. The van der Waals surface area contributed by atoms with Crippen LogP contribution in [0.3, 0.4) is 0 Å². The minimum Gasteiger partial charge on any atom is -0.462 e. The lowest BCUT2D eigenvalue weighted by Crippen LogP contribution is -2.30. The third kappa shape index (κ3) is 60.3. The van der Waals surface area contributed by atoms with E-state index in [2.05, 4.69) is 55.4 Å². The Labute approximate surface area is 537 Å². The van der Waals surface area contributed by atoms with Crippen LogP contribution in [0.4, 0.5) is 0 Å². The second-order valence-corrected chi connectivity index (χ2v) is 29.3. The van der Waals surface area contributed by atoms with Gasteiger partial charge < -0.3 is 33.8 Å². The van der Waals surface area contributed by atoms with Crippen molar-refractivity contribution in [2.45, 2.75) is 356 Å². The molecule has 0 rings (SSSR count). The Morgan fingerprint density at radius 1 is 0.318 bits per heavy atom. The second kappa shape index (κ2) is 58.8. The first kappa shape index (κ1) is 86.1. The number of phosphoric acid groups is 2. The van der Waals surface area contributed by atoms with E-state index in [1.807, 2.05) is 0 Å². The van der Waals surface area contributed by atoms with Crippen LogP contribution in [0, 0.1) is 23.7 Å². The van der Waals surface area contributed by atoms with Gasteiger partial charge in [0.15, 0.2) is 12.2 Å². The van der Waals surface area contributed by atoms with Gasteiger partial charge in [0.05, 0.1) is 26.4 Å². The normalized spacial score (nSPS) is 14.9. The smallest absolute Gasteiger partial charge is 0.462 e. The molecule has 0 bridgehead atoms. The maximum absolute atomic E-state index is 13.0. The lowest BCUT2D eigenvalue weighted by molar-refractivity contribution is -0.161. The summed E-state index contributed by atoms with van der Waals surface area (Å²) in [6.45, 7) is 14.1. The summed E-state index contributed by atoms with van der Waals surface area (Å²) in [6.07, 6.45) is 40.3. The highest BCUT2D eigenvalue weighted by Gasteiger charge is 2.30. The van der Waals surface area contributed by atoms with Crippen LogP contribution in [0.15, 0.2) is 0 Å². The SMILES string of the molecule is CCC(C)CCCCCCCCC(=O)OC[C@H](COP(=O)(O)OC[C@H](O)COP(=O)(O)OC[C@@H](COC(=O)CCCCCCCCCCCCCC(C)C)OC(=O)CCCCCCCCCCCCCC(C)C)OC(=O)CCCCCCCCC(C)CC. The maximum atomic E-state index is 13.0. The average molecular weight is 1300 g/mol. The molecule has 19 heteroatoms. The molecule has 0 aliphatic rings. The molecule has 0 aromatic heterocycles. The van der Waals surface area contributed by atoms with E-state index in [1.165, 1.54) is 135 Å². The van der Waals surface area contributed by atoms with Crippen LogP contribution in [0.1, 0.15) is 338 Å². The van der Waals surface area contributed by atoms with Crippen molar-refractivity contribution in [3.05, 3.63) is 0 Å². The molecule has 17 nitrogen and oxygen atoms in total. The fraction of sp³-hybridized carbons (Fsp3) is 0.942. The van der Waals surface area contributed by atoms with Crippen molar-refractivity contribution < 1.29 is 80.2 Å². The van der Waals surface area contributed by atoms with Gasteiger partial charge in [0.25, 0.3) is 0 Å². The third-order valence-corrected chi connectivity index (χ3v) is 18.4. The van der Waals surface area contributed by atoms with Crippen molar-refractivity contribution >= 4 is 39.5 Å². The number of hydrogen-bond acceptors (Lipinski definition) is 15. The number of hydrogen-bond donors (Lipinski definition) is 3. The summed E-state index contributed by atoms with van der Waals surface area (Å²) < 4.78 is 68.2. The molecule has 0 aromatic carbocycles. The van der Waals surface area contributed by atoms with Gasteiger partial charge in [-0.25, -0.2) is 9.13 Å². The van der Waals surface area contributed by atoms with Crippen LogP contribution in [-0.4, -0.2) is 96.7 Å². The highest BCUT2D eigenvalue weighted by Crippen LogP contribution is 2.45. The molecule has 0 aromatic rings. The van der Waals surface area contributed by atoms with Crippen LogP contribution in [-0.2, 0) is 65.4 Å². The summed E-state index contributed by atoms with van der Waals surface area (Å²) in [5.41, 5.74) is 0. The van der Waals surface area contributed by atoms with E-state index in [0.717, 1.165) is 120 Å². The van der Waals surface area contributed by atoms with E-state index >= 15 is 0 Å². The average Bonchev–Trinajstić information content (AvgIpc) is 3.62. The third-order valence-electron chi connectivity index (χ3n) is 16.5. The fourth-order valence-corrected chi connectivity index (χ4v) is 11.8. The Hall–Kier alpha value is -1.94. The molecule has 0 amide bonds. The van der Waals surface area contributed by atoms with E-state index in [1.54, 1.807) is 0 Å². The van der Waals surface area contributed by atoms with Crippen LogP contribution in [0.25, 0.3) is 0 Å². The van der Waals surface area contributed by atoms with Crippen molar-refractivity contribution in [2.75, 3.05) is 39.6 Å². The van der Waals surface area contributed by atoms with Gasteiger partial charge in [-0.05, 0) is 49.4 Å². The first-order valence-corrected chi connectivity index (χ1v) is 38.8. The minimum atomic E-state index is -4.95. The number of carbonyl (C=O) groups is 4. The predicted molar refractivity (Wildman–Crippen MR) is 354 cm³/mol. The number of phosphoric ester groups is 2. The summed E-state index contributed by atoms with van der Waals surface area (Å²) in [5, 5.41) is 10.6. The van der Waals surface area contributed by atoms with E-state index in [-0.39, 0.29) is 25.7 Å². The molecular weight excluding hydrogens is 1160 g/mol.